The van der Waals surface area contributed by atoms with Crippen molar-refractivity contribution in [1.82, 2.24) is 14.8 Å². The van der Waals surface area contributed by atoms with Gasteiger partial charge in [-0.05, 0) is 56.7 Å². The number of carbonyl (C=O) groups excluding carboxylic acids is 1. The number of phenolic OH excluding ortho intramolecular Hbond substituents is 1. The number of pyridine rings is 1. The summed E-state index contributed by atoms with van der Waals surface area (Å²) in [5, 5.41) is 24.3. The van der Waals surface area contributed by atoms with Gasteiger partial charge in [0.05, 0.1) is 10.7 Å². The molecule has 2 N–H and O–H groups in total. The van der Waals surface area contributed by atoms with Crippen molar-refractivity contribution < 1.29 is 14.8 Å². The molecule has 3 rings (SSSR count). The fourth-order valence-electron chi connectivity index (χ4n) is 2.11. The molecule has 1 amide bonds. The number of nitro groups is 1. The summed E-state index contributed by atoms with van der Waals surface area (Å²) < 4.78 is 1.82. The Balaban J connectivity index is 1.87. The molecule has 0 fully saturated rings. The van der Waals surface area contributed by atoms with Crippen LogP contribution >= 0.6 is 15.9 Å². The average Bonchev–Trinajstić information content (AvgIpc) is 2.95. The Morgan fingerprint density at radius 1 is 1.32 bits per heavy atom. The first kappa shape index (κ1) is 16.6. The highest BCUT2D eigenvalue weighted by molar-refractivity contribution is 9.10. The van der Waals surface area contributed by atoms with Gasteiger partial charge in [0.2, 0.25) is 11.3 Å². The molecule has 0 spiro atoms. The minimum Gasteiger partial charge on any atom is -0.508 e. The lowest BCUT2D eigenvalue weighted by Crippen LogP contribution is -2.19. The van der Waals surface area contributed by atoms with E-state index in [0.717, 1.165) is 0 Å². The molecule has 2 aromatic heterocycles. The minimum absolute atomic E-state index is 0.104. The van der Waals surface area contributed by atoms with E-state index in [1.165, 1.54) is 28.9 Å². The Morgan fingerprint density at radius 3 is 2.72 bits per heavy atom. The van der Waals surface area contributed by atoms with Gasteiger partial charge < -0.3 is 15.2 Å². The second-order valence-electron chi connectivity index (χ2n) is 4.91. The van der Waals surface area contributed by atoms with Gasteiger partial charge >= 0.3 is 5.82 Å². The number of fused-ring (bicyclic) bond motifs is 1. The molecule has 3 aromatic rings. The third kappa shape index (κ3) is 3.48. The average molecular weight is 404 g/mol. The zero-order valence-corrected chi connectivity index (χ0v) is 14.0. The Bertz CT molecular complexity index is 997. The number of nitrogens with zero attached hydrogens (tertiary/aromatic N) is 4. The lowest BCUT2D eigenvalue weighted by Gasteiger charge is -1.98. The molecule has 0 aliphatic rings. The van der Waals surface area contributed by atoms with Gasteiger partial charge in [0.15, 0.2) is 0 Å². The van der Waals surface area contributed by atoms with Crippen LogP contribution in [0.2, 0.25) is 0 Å². The summed E-state index contributed by atoms with van der Waals surface area (Å²) in [6.45, 7) is 0. The number of nitrogens with one attached hydrogen (secondary N) is 1. The number of aromatic hydroxyl groups is 1. The third-order valence-corrected chi connectivity index (χ3v) is 3.69. The maximum absolute atomic E-state index is 12.2. The van der Waals surface area contributed by atoms with Gasteiger partial charge in [0.25, 0.3) is 5.91 Å². The summed E-state index contributed by atoms with van der Waals surface area (Å²) >= 11 is 3.22. The third-order valence-electron chi connectivity index (χ3n) is 3.22. The van der Waals surface area contributed by atoms with Crippen LogP contribution < -0.4 is 5.43 Å². The fraction of sp³-hybridized carbons (Fsp3) is 0. The zero-order chi connectivity index (χ0) is 18.0. The molecule has 10 heteroatoms. The number of carbonyl (C=O) groups is 1. The monoisotopic (exact) mass is 403 g/mol. The number of amides is 1. The standard InChI is InChI=1S/C15H10BrN5O4/c16-10-3-6-12-18-13(15(21(24)25)20(12)8-10)14(23)19-17-7-9-1-4-11(22)5-2-9/h1-8,22H,(H,19,23)/b17-7+. The van der Waals surface area contributed by atoms with Crippen molar-refractivity contribution in [2.45, 2.75) is 0 Å². The Kier molecular flexibility index (Phi) is 4.44. The molecular formula is C15H10BrN5O4. The summed E-state index contributed by atoms with van der Waals surface area (Å²) in [5.41, 5.74) is 2.76. The molecule has 0 saturated carbocycles. The molecule has 126 valence electrons. The van der Waals surface area contributed by atoms with E-state index in [-0.39, 0.29) is 17.1 Å². The Morgan fingerprint density at radius 2 is 2.04 bits per heavy atom. The van der Waals surface area contributed by atoms with Crippen LogP contribution in [-0.2, 0) is 0 Å². The maximum Gasteiger partial charge on any atom is 0.361 e. The van der Waals surface area contributed by atoms with Crippen molar-refractivity contribution in [3.63, 3.8) is 0 Å². The number of rotatable bonds is 4. The van der Waals surface area contributed by atoms with Crippen molar-refractivity contribution in [3.05, 3.63) is 68.4 Å². The smallest absolute Gasteiger partial charge is 0.361 e. The van der Waals surface area contributed by atoms with Crippen LogP contribution in [0.1, 0.15) is 16.1 Å². The predicted octanol–water partition coefficient (Wildman–Crippen LogP) is 2.47. The number of hydrogen-bond acceptors (Lipinski definition) is 6. The molecule has 0 bridgehead atoms. The number of halogens is 1. The van der Waals surface area contributed by atoms with E-state index in [4.69, 9.17) is 0 Å². The minimum atomic E-state index is -0.804. The Hall–Kier alpha value is -3.27. The van der Waals surface area contributed by atoms with Crippen molar-refractivity contribution in [2.75, 3.05) is 0 Å². The molecule has 0 unspecified atom stereocenters. The van der Waals surface area contributed by atoms with Crippen LogP contribution in [0.15, 0.2) is 52.2 Å². The Labute approximate surface area is 148 Å². The molecule has 25 heavy (non-hydrogen) atoms. The van der Waals surface area contributed by atoms with Gasteiger partial charge in [0, 0.05) is 6.07 Å². The fourth-order valence-corrected chi connectivity index (χ4v) is 2.45. The quantitative estimate of drug-likeness (QED) is 0.393. The van der Waals surface area contributed by atoms with E-state index in [9.17, 15) is 20.0 Å². The molecule has 0 aliphatic carbocycles. The van der Waals surface area contributed by atoms with E-state index < -0.39 is 16.6 Å². The van der Waals surface area contributed by atoms with Gasteiger partial charge in [-0.3, -0.25) is 4.79 Å². The lowest BCUT2D eigenvalue weighted by molar-refractivity contribution is -0.390. The highest BCUT2D eigenvalue weighted by atomic mass is 79.9. The second-order valence-corrected chi connectivity index (χ2v) is 5.82. The van der Waals surface area contributed by atoms with Crippen molar-refractivity contribution in [3.8, 4) is 5.75 Å². The van der Waals surface area contributed by atoms with Crippen molar-refractivity contribution in [1.29, 1.82) is 0 Å². The topological polar surface area (TPSA) is 122 Å². The first-order valence-electron chi connectivity index (χ1n) is 6.90. The normalized spacial score (nSPS) is 11.1. The summed E-state index contributed by atoms with van der Waals surface area (Å²) in [7, 11) is 0. The summed E-state index contributed by atoms with van der Waals surface area (Å²) in [4.78, 5) is 26.9. The molecule has 9 nitrogen and oxygen atoms in total. The molecule has 0 saturated heterocycles. The van der Waals surface area contributed by atoms with Gasteiger partial charge in [-0.15, -0.1) is 0 Å². The van der Waals surface area contributed by atoms with E-state index in [0.29, 0.717) is 10.0 Å². The molecule has 2 heterocycles. The van der Waals surface area contributed by atoms with E-state index in [2.05, 4.69) is 31.4 Å². The summed E-state index contributed by atoms with van der Waals surface area (Å²) in [6, 6.07) is 9.33. The van der Waals surface area contributed by atoms with E-state index >= 15 is 0 Å². The van der Waals surface area contributed by atoms with Gasteiger partial charge in [0.1, 0.15) is 11.9 Å². The van der Waals surface area contributed by atoms with Crippen LogP contribution in [0.4, 0.5) is 5.82 Å². The maximum atomic E-state index is 12.2. The number of hydrogen-bond donors (Lipinski definition) is 2. The highest BCUT2D eigenvalue weighted by Gasteiger charge is 2.28. The van der Waals surface area contributed by atoms with Gasteiger partial charge in [-0.2, -0.15) is 14.5 Å². The first-order valence-corrected chi connectivity index (χ1v) is 7.69. The molecule has 0 radical (unpaired) electrons. The SMILES string of the molecule is O=C(N/N=C/c1ccc(O)cc1)c1nc2ccc(Br)cn2c1[N+](=O)[O-]. The van der Waals surface area contributed by atoms with Crippen molar-refractivity contribution >= 4 is 39.5 Å². The number of phenols is 1. The van der Waals surface area contributed by atoms with Crippen molar-refractivity contribution in [2.24, 2.45) is 5.10 Å². The second kappa shape index (κ2) is 6.69. The van der Waals surface area contributed by atoms with Crippen LogP contribution in [0.3, 0.4) is 0 Å². The number of imidazole rings is 1. The first-order chi connectivity index (χ1) is 12.0. The van der Waals surface area contributed by atoms with Crippen LogP contribution in [0.5, 0.6) is 5.75 Å². The summed E-state index contributed by atoms with van der Waals surface area (Å²) in [6.07, 6.45) is 2.80. The molecule has 1 aromatic carbocycles. The van der Waals surface area contributed by atoms with E-state index in [1.54, 1.807) is 24.3 Å². The van der Waals surface area contributed by atoms with Crippen LogP contribution in [-0.4, -0.2) is 31.5 Å². The predicted molar refractivity (Wildman–Crippen MR) is 92.7 cm³/mol. The zero-order valence-electron chi connectivity index (χ0n) is 12.5. The lowest BCUT2D eigenvalue weighted by atomic mass is 10.2. The highest BCUT2D eigenvalue weighted by Crippen LogP contribution is 2.23. The largest absolute Gasteiger partial charge is 0.508 e. The molecule has 0 atom stereocenters. The number of benzene rings is 1. The van der Waals surface area contributed by atoms with E-state index in [1.807, 2.05) is 0 Å². The molecular weight excluding hydrogens is 394 g/mol. The number of hydrazone groups is 1. The number of aromatic nitrogens is 2. The van der Waals surface area contributed by atoms with Crippen LogP contribution in [0, 0.1) is 10.1 Å². The van der Waals surface area contributed by atoms with Gasteiger partial charge in [-0.1, -0.05) is 0 Å². The molecule has 0 aliphatic heterocycles. The summed E-state index contributed by atoms with van der Waals surface area (Å²) in [5.74, 6) is -1.15. The van der Waals surface area contributed by atoms with Gasteiger partial charge in [-0.25, -0.2) is 5.43 Å². The van der Waals surface area contributed by atoms with Crippen LogP contribution in [0.25, 0.3) is 5.65 Å².